The number of nitrogens with zero attached hydrogens (tertiary/aromatic N) is 4. The van der Waals surface area contributed by atoms with Crippen LogP contribution in [0.2, 0.25) is 0 Å². The quantitative estimate of drug-likeness (QED) is 0.428. The minimum absolute atomic E-state index is 0.202. The number of carbonyl (C=O) groups is 1. The molecule has 4 rings (SSSR count). The van der Waals surface area contributed by atoms with E-state index in [2.05, 4.69) is 59.4 Å². The fourth-order valence-electron chi connectivity index (χ4n) is 3.92. The highest BCUT2D eigenvalue weighted by Gasteiger charge is 2.14. The van der Waals surface area contributed by atoms with Gasteiger partial charge in [0.15, 0.2) is 0 Å². The summed E-state index contributed by atoms with van der Waals surface area (Å²) in [6, 6.07) is 17.2. The number of carbonyl (C=O) groups excluding carboxylic acids is 1. The fraction of sp³-hybridized carbons (Fsp3) is 0.269. The van der Waals surface area contributed by atoms with Crippen LogP contribution in [0.4, 0.5) is 11.4 Å². The first-order valence-corrected chi connectivity index (χ1v) is 11.1. The Morgan fingerprint density at radius 3 is 2.36 bits per heavy atom. The van der Waals surface area contributed by atoms with E-state index in [1.807, 2.05) is 25.1 Å². The molecule has 4 aromatic rings. The summed E-state index contributed by atoms with van der Waals surface area (Å²) in [5, 5.41) is 12.4. The van der Waals surface area contributed by atoms with Gasteiger partial charge in [-0.05, 0) is 87.4 Å². The largest absolute Gasteiger partial charge is 0.497 e. The van der Waals surface area contributed by atoms with Crippen LogP contribution in [-0.2, 0) is 0 Å². The lowest BCUT2D eigenvalue weighted by atomic mass is 10.1. The van der Waals surface area contributed by atoms with Gasteiger partial charge in [-0.1, -0.05) is 6.07 Å². The van der Waals surface area contributed by atoms with Crippen molar-refractivity contribution >= 4 is 28.3 Å². The molecule has 0 radical (unpaired) electrons. The lowest BCUT2D eigenvalue weighted by Gasteiger charge is -2.22. The third-order valence-corrected chi connectivity index (χ3v) is 5.83. The Balaban J connectivity index is 1.63. The van der Waals surface area contributed by atoms with Gasteiger partial charge < -0.3 is 15.0 Å². The van der Waals surface area contributed by atoms with E-state index < -0.39 is 0 Å². The molecule has 170 valence electrons. The molecule has 0 fully saturated rings. The van der Waals surface area contributed by atoms with Crippen LogP contribution in [0.1, 0.15) is 35.3 Å². The minimum Gasteiger partial charge on any atom is -0.497 e. The van der Waals surface area contributed by atoms with Crippen LogP contribution in [0.25, 0.3) is 16.7 Å². The van der Waals surface area contributed by atoms with E-state index in [9.17, 15) is 4.79 Å². The summed E-state index contributed by atoms with van der Waals surface area (Å²) in [5.41, 5.74) is 6.87. The number of fused-ring (bicyclic) bond motifs is 1. The second-order valence-corrected chi connectivity index (χ2v) is 7.97. The normalized spacial score (nSPS) is 10.9. The lowest BCUT2D eigenvalue weighted by molar-refractivity contribution is 0.102. The van der Waals surface area contributed by atoms with Crippen molar-refractivity contribution < 1.29 is 9.53 Å². The number of ether oxygens (including phenoxy) is 1. The smallest absolute Gasteiger partial charge is 0.255 e. The van der Waals surface area contributed by atoms with Crippen LogP contribution < -0.4 is 15.0 Å². The van der Waals surface area contributed by atoms with Crippen LogP contribution in [0.5, 0.6) is 5.75 Å². The number of aryl methyl sites for hydroxylation is 2. The van der Waals surface area contributed by atoms with E-state index >= 15 is 0 Å². The Bertz CT molecular complexity index is 1310. The van der Waals surface area contributed by atoms with E-state index in [0.717, 1.165) is 35.4 Å². The zero-order valence-electron chi connectivity index (χ0n) is 19.7. The molecule has 33 heavy (non-hydrogen) atoms. The molecule has 7 nitrogen and oxygen atoms in total. The van der Waals surface area contributed by atoms with Crippen LogP contribution in [0.15, 0.2) is 54.6 Å². The van der Waals surface area contributed by atoms with Crippen molar-refractivity contribution in [2.45, 2.75) is 27.7 Å². The van der Waals surface area contributed by atoms with Gasteiger partial charge in [0, 0.05) is 30.0 Å². The summed E-state index contributed by atoms with van der Waals surface area (Å²) in [6.07, 6.45) is 0. The number of methoxy groups -OCH3 is 1. The molecule has 0 aliphatic heterocycles. The SMILES string of the molecule is CCN(CC)c1ccc(-n2nc3cc(C)c(NC(=O)c4cccc(OC)c4)cc3n2)c(C)c1. The molecule has 3 aromatic carbocycles. The average molecular weight is 444 g/mol. The van der Waals surface area contributed by atoms with Crippen molar-refractivity contribution in [3.8, 4) is 11.4 Å². The van der Waals surface area contributed by atoms with Crippen molar-refractivity contribution in [1.29, 1.82) is 0 Å². The van der Waals surface area contributed by atoms with Crippen LogP contribution in [0, 0.1) is 13.8 Å². The molecule has 0 spiro atoms. The Morgan fingerprint density at radius 2 is 1.70 bits per heavy atom. The average Bonchev–Trinajstić information content (AvgIpc) is 3.22. The van der Waals surface area contributed by atoms with Crippen LogP contribution in [-0.4, -0.2) is 41.1 Å². The number of hydrogen-bond donors (Lipinski definition) is 1. The van der Waals surface area contributed by atoms with Gasteiger partial charge in [-0.25, -0.2) is 0 Å². The van der Waals surface area contributed by atoms with Crippen molar-refractivity contribution in [3.63, 3.8) is 0 Å². The molecule has 0 aliphatic rings. The second-order valence-electron chi connectivity index (χ2n) is 7.97. The van der Waals surface area contributed by atoms with Gasteiger partial charge in [0.2, 0.25) is 0 Å². The molecule has 7 heteroatoms. The third-order valence-electron chi connectivity index (χ3n) is 5.83. The predicted molar refractivity (Wildman–Crippen MR) is 133 cm³/mol. The van der Waals surface area contributed by atoms with Crippen molar-refractivity contribution in [1.82, 2.24) is 15.0 Å². The van der Waals surface area contributed by atoms with E-state index in [4.69, 9.17) is 4.74 Å². The predicted octanol–water partition coefficient (Wildman–Crippen LogP) is 5.14. The Kier molecular flexibility index (Phi) is 6.31. The zero-order valence-corrected chi connectivity index (χ0v) is 19.7. The maximum atomic E-state index is 12.8. The summed E-state index contributed by atoms with van der Waals surface area (Å²) in [6.45, 7) is 10.2. The molecule has 1 N–H and O–H groups in total. The van der Waals surface area contributed by atoms with Gasteiger partial charge in [0.25, 0.3) is 5.91 Å². The topological polar surface area (TPSA) is 72.3 Å². The number of amides is 1. The molecule has 0 saturated carbocycles. The van der Waals surface area contributed by atoms with Gasteiger partial charge in [-0.3, -0.25) is 4.79 Å². The van der Waals surface area contributed by atoms with E-state index in [1.54, 1.807) is 30.1 Å². The van der Waals surface area contributed by atoms with Crippen molar-refractivity contribution in [2.75, 3.05) is 30.4 Å². The maximum Gasteiger partial charge on any atom is 0.255 e. The highest BCUT2D eigenvalue weighted by atomic mass is 16.5. The lowest BCUT2D eigenvalue weighted by Crippen LogP contribution is -2.21. The number of aromatic nitrogens is 3. The minimum atomic E-state index is -0.202. The van der Waals surface area contributed by atoms with Crippen LogP contribution >= 0.6 is 0 Å². The molecule has 1 heterocycles. The monoisotopic (exact) mass is 443 g/mol. The summed E-state index contributed by atoms with van der Waals surface area (Å²) < 4.78 is 5.22. The van der Waals surface area contributed by atoms with Gasteiger partial charge in [0.1, 0.15) is 16.8 Å². The summed E-state index contributed by atoms with van der Waals surface area (Å²) in [5.74, 6) is 0.437. The van der Waals surface area contributed by atoms with E-state index in [-0.39, 0.29) is 5.91 Å². The van der Waals surface area contributed by atoms with Crippen molar-refractivity contribution in [3.05, 3.63) is 71.3 Å². The molecular weight excluding hydrogens is 414 g/mol. The first-order valence-electron chi connectivity index (χ1n) is 11.1. The Hall–Kier alpha value is -3.87. The standard InChI is InChI=1S/C26H29N5O2/c1-6-30(7-2)20-11-12-25(18(4)13-20)31-28-23-14-17(3)22(16-24(23)29-31)27-26(32)19-9-8-10-21(15-19)33-5/h8-16H,6-7H2,1-5H3,(H,27,32). The van der Waals surface area contributed by atoms with Gasteiger partial charge >= 0.3 is 0 Å². The maximum absolute atomic E-state index is 12.8. The highest BCUT2D eigenvalue weighted by molar-refractivity contribution is 6.05. The number of benzene rings is 3. The van der Waals surface area contributed by atoms with E-state index in [1.165, 1.54) is 5.69 Å². The summed E-state index contributed by atoms with van der Waals surface area (Å²) in [4.78, 5) is 16.7. The second kappa shape index (κ2) is 9.32. The van der Waals surface area contributed by atoms with Crippen LogP contribution in [0.3, 0.4) is 0 Å². The van der Waals surface area contributed by atoms with Gasteiger partial charge in [0.05, 0.1) is 12.8 Å². The zero-order chi connectivity index (χ0) is 23.5. The summed E-state index contributed by atoms with van der Waals surface area (Å²) in [7, 11) is 1.58. The Morgan fingerprint density at radius 1 is 0.970 bits per heavy atom. The Labute approximate surface area is 194 Å². The number of hydrogen-bond acceptors (Lipinski definition) is 5. The molecule has 1 amide bonds. The third kappa shape index (κ3) is 4.53. The van der Waals surface area contributed by atoms with Gasteiger partial charge in [-0.2, -0.15) is 4.80 Å². The van der Waals surface area contributed by atoms with Crippen molar-refractivity contribution in [2.24, 2.45) is 0 Å². The molecule has 0 bridgehead atoms. The molecule has 0 saturated heterocycles. The van der Waals surface area contributed by atoms with E-state index in [0.29, 0.717) is 22.5 Å². The van der Waals surface area contributed by atoms with Gasteiger partial charge in [-0.15, -0.1) is 10.2 Å². The molecule has 1 aromatic heterocycles. The molecule has 0 unspecified atom stereocenters. The summed E-state index contributed by atoms with van der Waals surface area (Å²) >= 11 is 0. The fourth-order valence-corrected chi connectivity index (χ4v) is 3.92. The molecule has 0 atom stereocenters. The molecule has 0 aliphatic carbocycles. The number of anilines is 2. The highest BCUT2D eigenvalue weighted by Crippen LogP contribution is 2.25. The number of rotatable bonds is 7. The number of nitrogens with one attached hydrogen (secondary N) is 1. The first kappa shape index (κ1) is 22.3. The first-order chi connectivity index (χ1) is 15.9. The molecular formula is C26H29N5O2.